The number of H-pyrrole nitrogens is 2. The Bertz CT molecular complexity index is 3210. The van der Waals surface area contributed by atoms with Crippen molar-refractivity contribution in [3.63, 3.8) is 0 Å². The summed E-state index contributed by atoms with van der Waals surface area (Å²) in [6, 6.07) is 20.5. The monoisotopic (exact) mass is 1020 g/mol. The Morgan fingerprint density at radius 2 is 1.75 bits per heavy atom. The predicted molar refractivity (Wildman–Crippen MR) is 276 cm³/mol. The zero-order valence-corrected chi connectivity index (χ0v) is 42.1. The lowest BCUT2D eigenvalue weighted by Crippen LogP contribution is -2.55. The van der Waals surface area contributed by atoms with Crippen molar-refractivity contribution < 1.29 is 32.0 Å². The summed E-state index contributed by atoms with van der Waals surface area (Å²) in [4.78, 5) is 50.2. The second-order valence-electron chi connectivity index (χ2n) is 21.5. The van der Waals surface area contributed by atoms with E-state index < -0.39 is 37.1 Å². The van der Waals surface area contributed by atoms with Crippen LogP contribution in [0.25, 0.3) is 22.1 Å². The third-order valence-corrected chi connectivity index (χ3v) is 18.2. The van der Waals surface area contributed by atoms with E-state index in [1.165, 1.54) is 43.1 Å². The molecule has 6 aliphatic rings. The number of aromatic amines is 2. The summed E-state index contributed by atoms with van der Waals surface area (Å²) >= 11 is 0. The number of nitro benzene ring substituents is 1. The average molecular weight is 1020 g/mol. The largest absolute Gasteiger partial charge is 0.474 e. The molecule has 3 aromatic carbocycles. The summed E-state index contributed by atoms with van der Waals surface area (Å²) in [7, 11) is -4.82. The van der Waals surface area contributed by atoms with Crippen LogP contribution in [-0.4, -0.2) is 132 Å². The standard InChI is InChI=1S/C53H62FN11O7S/c1-33(2)38-6-3-4-7-39(38)41-8-5-17-63(41)36-27-52(28-36)12-18-61(19-13-52)35-9-10-40(42(25-35)64-22-23-72-51-44(64)24-34-11-16-55-49(34)59-51)50(66)60-73(69,70)45-26-43(65(67)68)46(48-47(45)57-32-58-48)56-31-53(54)14-20-62(21-15-53)37-29-71-30-37/h3-4,6-7,9-11,16,24-26,32-33,36-37,41,56H,5,8,12-15,17-23,27-31H2,1-2H3,(H,55,59)(H,57,58)(H,60,66)/t41-/m0/s1. The number of alkyl halides is 1. The van der Waals surface area contributed by atoms with E-state index in [1.807, 2.05) is 29.2 Å². The first-order valence-electron chi connectivity index (χ1n) is 25.8. The van der Waals surface area contributed by atoms with Crippen molar-refractivity contribution in [3.8, 4) is 5.88 Å². The first kappa shape index (κ1) is 47.6. The summed E-state index contributed by atoms with van der Waals surface area (Å²) in [6.07, 6.45) is 10.3. The lowest BCUT2D eigenvalue weighted by molar-refractivity contribution is -0.384. The molecule has 1 saturated carbocycles. The van der Waals surface area contributed by atoms with Crippen LogP contribution in [0.2, 0.25) is 0 Å². The van der Waals surface area contributed by atoms with Crippen LogP contribution in [0.4, 0.5) is 32.8 Å². The Balaban J connectivity index is 0.798. The van der Waals surface area contributed by atoms with Crippen LogP contribution in [0.15, 0.2) is 78.1 Å². The van der Waals surface area contributed by atoms with Crippen LogP contribution in [0.1, 0.15) is 98.7 Å². The molecule has 4 N–H and O–H groups in total. The van der Waals surface area contributed by atoms with Crippen LogP contribution in [-0.2, 0) is 14.8 Å². The smallest absolute Gasteiger partial charge is 0.296 e. The molecule has 18 nitrogen and oxygen atoms in total. The molecule has 12 rings (SSSR count). The van der Waals surface area contributed by atoms with Gasteiger partial charge in [-0.05, 0) is 111 Å². The number of amides is 1. The summed E-state index contributed by atoms with van der Waals surface area (Å²) in [5.41, 5.74) is 3.42. The number of halogens is 1. The van der Waals surface area contributed by atoms with Gasteiger partial charge in [-0.1, -0.05) is 38.1 Å². The SMILES string of the molecule is CC(C)c1ccccc1[C@@H]1CCCN1C1CC2(CCN(c3ccc(C(=O)NS(=O)(=O)c4cc([N+](=O)[O-])c(NCC5(F)CCN(C6COC6)CC5)c5[nH]cnc45)c(N4CCOc5nc6[nH]ccc6cc54)c3)CC2)C1. The van der Waals surface area contributed by atoms with E-state index in [9.17, 15) is 23.3 Å². The Hall–Kier alpha value is -6.35. The minimum Gasteiger partial charge on any atom is -0.474 e. The fraction of sp³-hybridized carbons (Fsp3) is 0.491. The number of carbonyl (C=O) groups is 1. The van der Waals surface area contributed by atoms with Gasteiger partial charge in [0.15, 0.2) is 0 Å². The van der Waals surface area contributed by atoms with E-state index in [4.69, 9.17) is 14.5 Å². The number of nitrogens with one attached hydrogen (secondary N) is 4. The van der Waals surface area contributed by atoms with Crippen molar-refractivity contribution in [1.29, 1.82) is 0 Å². The Morgan fingerprint density at radius 1 is 0.959 bits per heavy atom. The second-order valence-corrected chi connectivity index (χ2v) is 23.1. The summed E-state index contributed by atoms with van der Waals surface area (Å²) in [6.45, 7) is 10.0. The van der Waals surface area contributed by atoms with Crippen molar-refractivity contribution >= 4 is 66.4 Å². The van der Waals surface area contributed by atoms with Crippen LogP contribution >= 0.6 is 0 Å². The van der Waals surface area contributed by atoms with Crippen LogP contribution in [0.5, 0.6) is 5.88 Å². The van der Waals surface area contributed by atoms with Gasteiger partial charge in [0.25, 0.3) is 21.6 Å². The maximum atomic E-state index is 16.2. The molecule has 8 heterocycles. The summed E-state index contributed by atoms with van der Waals surface area (Å²) in [5.74, 6) is -0.0885. The highest BCUT2D eigenvalue weighted by atomic mass is 32.2. The second kappa shape index (κ2) is 18.5. The molecule has 0 unspecified atom stereocenters. The van der Waals surface area contributed by atoms with E-state index in [1.54, 1.807) is 12.3 Å². The number of likely N-dealkylation sites (tertiary alicyclic amines) is 2. The number of anilines is 4. The summed E-state index contributed by atoms with van der Waals surface area (Å²) < 4.78 is 58.7. The zero-order chi connectivity index (χ0) is 50.2. The topological polar surface area (TPSA) is 207 Å². The van der Waals surface area contributed by atoms with E-state index >= 15 is 4.39 Å². The predicted octanol–water partition coefficient (Wildman–Crippen LogP) is 8.32. The third kappa shape index (κ3) is 8.72. The van der Waals surface area contributed by atoms with Gasteiger partial charge >= 0.3 is 0 Å². The van der Waals surface area contributed by atoms with Crippen molar-refractivity contribution in [1.82, 2.24) is 34.5 Å². The lowest BCUT2D eigenvalue weighted by atomic mass is 9.59. The highest BCUT2D eigenvalue weighted by Gasteiger charge is 2.50. The first-order chi connectivity index (χ1) is 35.3. The molecule has 1 atom stereocenters. The van der Waals surface area contributed by atoms with Crippen molar-refractivity contribution in [3.05, 3.63) is 100.0 Å². The van der Waals surface area contributed by atoms with Gasteiger partial charge in [-0.2, -0.15) is 4.98 Å². The molecule has 73 heavy (non-hydrogen) atoms. The number of nitrogens with zero attached hydrogens (tertiary/aromatic N) is 7. The number of ether oxygens (including phenoxy) is 2. The molecular formula is C53H62FN11O7S. The van der Waals surface area contributed by atoms with E-state index in [0.29, 0.717) is 73.8 Å². The third-order valence-electron chi connectivity index (χ3n) is 16.9. The molecule has 384 valence electrons. The first-order valence-corrected chi connectivity index (χ1v) is 27.3. The molecule has 6 aromatic rings. The Labute approximate surface area is 423 Å². The van der Waals surface area contributed by atoms with Gasteiger partial charge in [0.1, 0.15) is 39.7 Å². The van der Waals surface area contributed by atoms with Gasteiger partial charge < -0.3 is 34.6 Å². The molecule has 1 amide bonds. The maximum absolute atomic E-state index is 16.2. The number of aromatic nitrogens is 4. The Morgan fingerprint density at radius 3 is 2.51 bits per heavy atom. The fourth-order valence-electron chi connectivity index (χ4n) is 12.7. The highest BCUT2D eigenvalue weighted by molar-refractivity contribution is 7.90. The van der Waals surface area contributed by atoms with Gasteiger partial charge in [0.2, 0.25) is 5.88 Å². The molecule has 0 radical (unpaired) electrons. The molecule has 5 fully saturated rings. The number of piperidine rings is 2. The molecule has 4 saturated heterocycles. The van der Waals surface area contributed by atoms with Gasteiger partial charge in [-0.3, -0.25) is 24.7 Å². The van der Waals surface area contributed by atoms with E-state index in [0.717, 1.165) is 49.6 Å². The van der Waals surface area contributed by atoms with Gasteiger partial charge in [0, 0.05) is 68.1 Å². The number of imidazole rings is 1. The number of nitro groups is 1. The number of hydrogen-bond donors (Lipinski definition) is 4. The number of fused-ring (bicyclic) bond motifs is 3. The number of rotatable bonds is 13. The molecule has 0 bridgehead atoms. The maximum Gasteiger partial charge on any atom is 0.296 e. The number of carbonyl (C=O) groups excluding carboxylic acids is 1. The fourth-order valence-corrected chi connectivity index (χ4v) is 13.8. The summed E-state index contributed by atoms with van der Waals surface area (Å²) in [5, 5.41) is 16.4. The van der Waals surface area contributed by atoms with Gasteiger partial charge in [-0.25, -0.2) is 22.5 Å². The van der Waals surface area contributed by atoms with Gasteiger partial charge in [-0.15, -0.1) is 0 Å². The van der Waals surface area contributed by atoms with E-state index in [-0.39, 0.29) is 59.7 Å². The van der Waals surface area contributed by atoms with Gasteiger partial charge in [0.05, 0.1) is 53.8 Å². The highest BCUT2D eigenvalue weighted by Crippen LogP contribution is 2.54. The molecule has 1 aliphatic carbocycles. The molecule has 1 spiro atoms. The molecule has 20 heteroatoms. The quantitative estimate of drug-likeness (QED) is 0.0634. The minimum atomic E-state index is -4.82. The number of hydrogen-bond acceptors (Lipinski definition) is 14. The Kier molecular flexibility index (Phi) is 12.1. The molecule has 3 aromatic heterocycles. The van der Waals surface area contributed by atoms with E-state index in [2.05, 4.69) is 77.8 Å². The van der Waals surface area contributed by atoms with Crippen LogP contribution < -0.4 is 24.6 Å². The van der Waals surface area contributed by atoms with Crippen LogP contribution in [0, 0.1) is 15.5 Å². The lowest BCUT2D eigenvalue weighted by Gasteiger charge is -2.56. The molecular weight excluding hydrogens is 954 g/mol. The molecule has 5 aliphatic heterocycles. The number of sulfonamides is 1. The van der Waals surface area contributed by atoms with Crippen molar-refractivity contribution in [2.24, 2.45) is 5.41 Å². The van der Waals surface area contributed by atoms with Crippen LogP contribution in [0.3, 0.4) is 0 Å². The zero-order valence-electron chi connectivity index (χ0n) is 41.2. The average Bonchev–Trinajstić information content (AvgIpc) is 4.16. The normalized spacial score (nSPS) is 21.6. The van der Waals surface area contributed by atoms with Crippen molar-refractivity contribution in [2.75, 3.05) is 80.8 Å². The van der Waals surface area contributed by atoms with Crippen molar-refractivity contribution in [2.45, 2.75) is 99.8 Å². The number of benzene rings is 3. The minimum absolute atomic E-state index is 0.00148. The number of pyridine rings is 1.